The van der Waals surface area contributed by atoms with E-state index in [-0.39, 0.29) is 46.5 Å². The molecule has 2 atom stereocenters. The summed E-state index contributed by atoms with van der Waals surface area (Å²) in [5.41, 5.74) is 4.27. The zero-order valence-electron chi connectivity index (χ0n) is 21.2. The van der Waals surface area contributed by atoms with E-state index in [2.05, 4.69) is 20.5 Å². The van der Waals surface area contributed by atoms with Crippen LogP contribution in [0.25, 0.3) is 5.57 Å². The zero-order chi connectivity index (χ0) is 27.7. The highest BCUT2D eigenvalue weighted by molar-refractivity contribution is 6.33. The normalized spacial score (nSPS) is 20.3. The minimum Gasteiger partial charge on any atom is -0.444 e. The second-order valence-corrected chi connectivity index (χ2v) is 10.6. The molecule has 38 heavy (non-hydrogen) atoms. The standard InChI is InChI=1S/C25H30ClF3N6O3/c1-24(2,3)38-23(36)35-10-4-5-17(13-35)37-16-8-6-14(7-9-16)20-18(25(27,28)29)11-15(12-19(20)26)31-22-32-21(30)33-34-22/h6-8,11-12,16-17H,4-5,9-10,13H2,1-3H3,(H4,30,31,32,33,34). The van der Waals surface area contributed by atoms with Gasteiger partial charge in [0.2, 0.25) is 11.9 Å². The third-order valence-electron chi connectivity index (χ3n) is 5.90. The van der Waals surface area contributed by atoms with E-state index in [1.807, 2.05) is 20.8 Å². The van der Waals surface area contributed by atoms with Crippen LogP contribution in [-0.4, -0.2) is 57.1 Å². The number of H-pyrrole nitrogens is 1. The van der Waals surface area contributed by atoms with Gasteiger partial charge in [0.15, 0.2) is 0 Å². The Morgan fingerprint density at radius 2 is 2.05 bits per heavy atom. The Morgan fingerprint density at radius 3 is 2.66 bits per heavy atom. The van der Waals surface area contributed by atoms with E-state index in [1.165, 1.54) is 6.07 Å². The molecule has 2 unspecified atom stereocenters. The molecule has 2 aliphatic rings. The molecule has 1 fully saturated rings. The van der Waals surface area contributed by atoms with Crippen molar-refractivity contribution in [3.8, 4) is 0 Å². The molecule has 0 spiro atoms. The molecular weight excluding hydrogens is 525 g/mol. The van der Waals surface area contributed by atoms with Crippen molar-refractivity contribution in [2.75, 3.05) is 24.1 Å². The Hall–Kier alpha value is -3.25. The molecule has 206 valence electrons. The molecule has 0 radical (unpaired) electrons. The third kappa shape index (κ3) is 6.98. The summed E-state index contributed by atoms with van der Waals surface area (Å²) in [6.45, 7) is 6.42. The van der Waals surface area contributed by atoms with E-state index >= 15 is 0 Å². The smallest absolute Gasteiger partial charge is 0.417 e. The number of nitrogens with zero attached hydrogens (tertiary/aromatic N) is 3. The van der Waals surface area contributed by atoms with Gasteiger partial charge in [-0.2, -0.15) is 18.2 Å². The molecule has 13 heteroatoms. The topological polar surface area (TPSA) is 118 Å². The number of carbonyl (C=O) groups is 1. The van der Waals surface area contributed by atoms with Crippen molar-refractivity contribution in [1.82, 2.24) is 20.1 Å². The quantitative estimate of drug-likeness (QED) is 0.419. The molecule has 4 rings (SSSR count). The molecule has 2 heterocycles. The third-order valence-corrected chi connectivity index (χ3v) is 6.20. The van der Waals surface area contributed by atoms with Gasteiger partial charge in [-0.25, -0.2) is 9.89 Å². The summed E-state index contributed by atoms with van der Waals surface area (Å²) in [6, 6.07) is 2.33. The monoisotopic (exact) mass is 554 g/mol. The number of amides is 1. The molecule has 0 saturated carbocycles. The number of nitrogens with one attached hydrogen (secondary N) is 2. The molecule has 0 bridgehead atoms. The molecule has 1 aromatic heterocycles. The van der Waals surface area contributed by atoms with Crippen LogP contribution in [0.3, 0.4) is 0 Å². The second kappa shape index (κ2) is 10.9. The van der Waals surface area contributed by atoms with E-state index in [0.717, 1.165) is 18.9 Å². The van der Waals surface area contributed by atoms with Crippen LogP contribution in [0, 0.1) is 0 Å². The first-order chi connectivity index (χ1) is 17.8. The summed E-state index contributed by atoms with van der Waals surface area (Å²) >= 11 is 6.36. The average molecular weight is 555 g/mol. The largest absolute Gasteiger partial charge is 0.444 e. The number of ether oxygens (including phenoxy) is 2. The van der Waals surface area contributed by atoms with Crippen LogP contribution in [-0.2, 0) is 15.7 Å². The maximum absolute atomic E-state index is 14.0. The van der Waals surface area contributed by atoms with E-state index in [1.54, 1.807) is 23.1 Å². The number of rotatable bonds is 5. The van der Waals surface area contributed by atoms with Gasteiger partial charge >= 0.3 is 12.3 Å². The van der Waals surface area contributed by atoms with Gasteiger partial charge in [-0.15, -0.1) is 5.10 Å². The average Bonchev–Trinajstić information content (AvgIpc) is 3.22. The first-order valence-corrected chi connectivity index (χ1v) is 12.5. The van der Waals surface area contributed by atoms with Gasteiger partial charge in [0.05, 0.1) is 29.3 Å². The van der Waals surface area contributed by atoms with Gasteiger partial charge in [0.1, 0.15) is 5.60 Å². The Labute approximate surface area is 223 Å². The number of piperidine rings is 1. The second-order valence-electron chi connectivity index (χ2n) is 10.2. The van der Waals surface area contributed by atoms with Gasteiger partial charge < -0.3 is 25.4 Å². The Kier molecular flexibility index (Phi) is 7.93. The van der Waals surface area contributed by atoms with Gasteiger partial charge in [0, 0.05) is 17.8 Å². The van der Waals surface area contributed by atoms with Crippen LogP contribution >= 0.6 is 11.6 Å². The number of allylic oxidation sites excluding steroid dienone is 2. The first-order valence-electron chi connectivity index (χ1n) is 12.2. The number of aromatic amines is 1. The molecule has 1 aromatic carbocycles. The van der Waals surface area contributed by atoms with E-state index in [0.29, 0.717) is 25.1 Å². The summed E-state index contributed by atoms with van der Waals surface area (Å²) in [5, 5.41) is 8.76. The van der Waals surface area contributed by atoms with Gasteiger partial charge in [0.25, 0.3) is 0 Å². The minimum absolute atomic E-state index is 0.0177. The van der Waals surface area contributed by atoms with Crippen molar-refractivity contribution in [3.05, 3.63) is 46.5 Å². The van der Waals surface area contributed by atoms with Crippen LogP contribution in [0.1, 0.15) is 51.2 Å². The number of carbonyl (C=O) groups excluding carboxylic acids is 1. The molecule has 1 aliphatic carbocycles. The molecule has 1 aliphatic heterocycles. The fourth-order valence-corrected chi connectivity index (χ4v) is 4.66. The van der Waals surface area contributed by atoms with Crippen LogP contribution in [0.4, 0.5) is 35.5 Å². The lowest BCUT2D eigenvalue weighted by Gasteiger charge is -2.35. The number of nitrogens with two attached hydrogens (primary N) is 1. The minimum atomic E-state index is -4.66. The number of likely N-dealkylation sites (tertiary alicyclic amines) is 1. The van der Waals surface area contributed by atoms with Crippen molar-refractivity contribution < 1.29 is 27.4 Å². The summed E-state index contributed by atoms with van der Waals surface area (Å²) in [5.74, 6) is 0.0375. The fourth-order valence-electron chi connectivity index (χ4n) is 4.33. The number of hydrogen-bond acceptors (Lipinski definition) is 7. The molecule has 2 aromatic rings. The Bertz CT molecular complexity index is 1240. The van der Waals surface area contributed by atoms with Crippen LogP contribution in [0.2, 0.25) is 5.02 Å². The summed E-state index contributed by atoms with van der Waals surface area (Å²) in [6.07, 6.45) is 1.30. The number of halogens is 4. The summed E-state index contributed by atoms with van der Waals surface area (Å²) in [7, 11) is 0. The van der Waals surface area contributed by atoms with Crippen LogP contribution in [0.15, 0.2) is 30.4 Å². The maximum atomic E-state index is 14.0. The Balaban J connectivity index is 1.45. The number of hydrogen-bond donors (Lipinski definition) is 3. The lowest BCUT2D eigenvalue weighted by molar-refractivity contribution is -0.137. The van der Waals surface area contributed by atoms with E-state index in [9.17, 15) is 18.0 Å². The van der Waals surface area contributed by atoms with Crippen molar-refractivity contribution in [1.29, 1.82) is 0 Å². The number of aromatic nitrogens is 3. The van der Waals surface area contributed by atoms with E-state index < -0.39 is 17.3 Å². The highest BCUT2D eigenvalue weighted by atomic mass is 35.5. The van der Waals surface area contributed by atoms with Crippen LogP contribution < -0.4 is 11.1 Å². The van der Waals surface area contributed by atoms with Crippen molar-refractivity contribution in [3.63, 3.8) is 0 Å². The lowest BCUT2D eigenvalue weighted by Crippen LogP contribution is -2.46. The molecular formula is C25H30ClF3N6O3. The molecule has 9 nitrogen and oxygen atoms in total. The number of benzene rings is 1. The molecule has 1 amide bonds. The summed E-state index contributed by atoms with van der Waals surface area (Å²) in [4.78, 5) is 17.9. The number of alkyl halides is 3. The van der Waals surface area contributed by atoms with Gasteiger partial charge in [-0.3, -0.25) is 0 Å². The number of anilines is 3. The SMILES string of the molecule is CC(C)(C)OC(=O)N1CCCC(OC2C=CC(c3c(Cl)cc(Nc4n[nH]c(N)n4)cc3C(F)(F)F)=CC2)C1. The highest BCUT2D eigenvalue weighted by Gasteiger charge is 2.36. The molecule has 1 saturated heterocycles. The Morgan fingerprint density at radius 1 is 1.29 bits per heavy atom. The maximum Gasteiger partial charge on any atom is 0.417 e. The molecule has 4 N–H and O–H groups in total. The lowest BCUT2D eigenvalue weighted by atomic mass is 9.93. The zero-order valence-corrected chi connectivity index (χ0v) is 22.0. The predicted octanol–water partition coefficient (Wildman–Crippen LogP) is 5.93. The number of nitrogen functional groups attached to an aromatic ring is 1. The van der Waals surface area contributed by atoms with Crippen molar-refractivity contribution in [2.24, 2.45) is 0 Å². The first kappa shape index (κ1) is 27.8. The van der Waals surface area contributed by atoms with Crippen molar-refractivity contribution >= 4 is 40.9 Å². The van der Waals surface area contributed by atoms with Gasteiger partial charge in [-0.1, -0.05) is 29.8 Å². The van der Waals surface area contributed by atoms with Crippen LogP contribution in [0.5, 0.6) is 0 Å². The predicted molar refractivity (Wildman–Crippen MR) is 138 cm³/mol. The fraction of sp³-hybridized carbons (Fsp3) is 0.480. The van der Waals surface area contributed by atoms with Crippen molar-refractivity contribution in [2.45, 2.75) is 64.0 Å². The van der Waals surface area contributed by atoms with E-state index in [4.69, 9.17) is 26.8 Å². The summed E-state index contributed by atoms with van der Waals surface area (Å²) < 4.78 is 53.7. The van der Waals surface area contributed by atoms with Gasteiger partial charge in [-0.05, 0) is 57.7 Å². The highest BCUT2D eigenvalue weighted by Crippen LogP contribution is 2.42.